The van der Waals surface area contributed by atoms with Gasteiger partial charge < -0.3 is 10.1 Å². The molecule has 150 valence electrons. The van der Waals surface area contributed by atoms with Crippen molar-refractivity contribution in [2.24, 2.45) is 0 Å². The highest BCUT2D eigenvalue weighted by Gasteiger charge is 2.12. The Labute approximate surface area is 169 Å². The second-order valence-corrected chi connectivity index (χ2v) is 6.99. The third-order valence-electron chi connectivity index (χ3n) is 4.79. The van der Waals surface area contributed by atoms with Crippen LogP contribution in [0, 0.1) is 0 Å². The molecule has 1 N–H and O–H groups in total. The first-order chi connectivity index (χ1) is 14.3. The zero-order chi connectivity index (χ0) is 19.9. The van der Waals surface area contributed by atoms with Crippen molar-refractivity contribution in [2.45, 2.75) is 19.6 Å². The molecular formula is C21H24N6O2. The van der Waals surface area contributed by atoms with Crippen LogP contribution in [0.3, 0.4) is 0 Å². The molecule has 0 radical (unpaired) electrons. The maximum Gasteiger partial charge on any atom is 0.243 e. The Balaban J connectivity index is 1.30. The number of morpholine rings is 1. The molecular weight excluding hydrogens is 368 g/mol. The number of amides is 1. The summed E-state index contributed by atoms with van der Waals surface area (Å²) in [6.45, 7) is 4.94. The number of benzene rings is 2. The molecule has 1 fully saturated rings. The zero-order valence-corrected chi connectivity index (χ0v) is 16.2. The molecule has 0 spiro atoms. The minimum absolute atomic E-state index is 0.0367. The van der Waals surface area contributed by atoms with E-state index in [1.807, 2.05) is 42.5 Å². The van der Waals surface area contributed by atoms with E-state index < -0.39 is 0 Å². The molecule has 3 aromatic rings. The second-order valence-electron chi connectivity index (χ2n) is 6.99. The van der Waals surface area contributed by atoms with Crippen molar-refractivity contribution in [1.29, 1.82) is 0 Å². The highest BCUT2D eigenvalue weighted by Crippen LogP contribution is 2.16. The first-order valence-corrected chi connectivity index (χ1v) is 9.74. The zero-order valence-electron chi connectivity index (χ0n) is 16.2. The summed E-state index contributed by atoms with van der Waals surface area (Å²) in [6.07, 6.45) is 0. The van der Waals surface area contributed by atoms with E-state index in [2.05, 4.69) is 37.8 Å². The van der Waals surface area contributed by atoms with E-state index in [9.17, 15) is 4.79 Å². The number of nitrogens with zero attached hydrogens (tertiary/aromatic N) is 5. The average Bonchev–Trinajstić information content (AvgIpc) is 3.23. The van der Waals surface area contributed by atoms with Gasteiger partial charge in [0.1, 0.15) is 6.54 Å². The molecule has 2 aromatic carbocycles. The molecule has 2 heterocycles. The van der Waals surface area contributed by atoms with Gasteiger partial charge in [-0.15, -0.1) is 10.2 Å². The predicted octanol–water partition coefficient (Wildman–Crippen LogP) is 1.49. The van der Waals surface area contributed by atoms with Crippen molar-refractivity contribution >= 4 is 5.91 Å². The Morgan fingerprint density at radius 1 is 1.00 bits per heavy atom. The fourth-order valence-electron chi connectivity index (χ4n) is 3.18. The lowest BCUT2D eigenvalue weighted by Gasteiger charge is -2.26. The van der Waals surface area contributed by atoms with Gasteiger partial charge in [0.05, 0.1) is 13.2 Å². The van der Waals surface area contributed by atoms with Gasteiger partial charge in [-0.05, 0) is 16.3 Å². The van der Waals surface area contributed by atoms with E-state index in [0.29, 0.717) is 12.4 Å². The van der Waals surface area contributed by atoms with Gasteiger partial charge >= 0.3 is 0 Å². The largest absolute Gasteiger partial charge is 0.379 e. The van der Waals surface area contributed by atoms with E-state index in [4.69, 9.17) is 4.74 Å². The van der Waals surface area contributed by atoms with Gasteiger partial charge in [-0.1, -0.05) is 54.6 Å². The highest BCUT2D eigenvalue weighted by molar-refractivity contribution is 5.75. The predicted molar refractivity (Wildman–Crippen MR) is 108 cm³/mol. The second kappa shape index (κ2) is 9.40. The summed E-state index contributed by atoms with van der Waals surface area (Å²) in [5.41, 5.74) is 3.17. The van der Waals surface area contributed by atoms with Gasteiger partial charge in [0.15, 0.2) is 0 Å². The number of carbonyl (C=O) groups excluding carboxylic acids is 1. The normalized spacial score (nSPS) is 14.6. The van der Waals surface area contributed by atoms with E-state index in [0.717, 1.165) is 44.0 Å². The summed E-state index contributed by atoms with van der Waals surface area (Å²) in [4.78, 5) is 15.8. The lowest BCUT2D eigenvalue weighted by Crippen LogP contribution is -2.35. The van der Waals surface area contributed by atoms with Gasteiger partial charge in [0, 0.05) is 31.7 Å². The van der Waals surface area contributed by atoms with Crippen LogP contribution in [0.2, 0.25) is 0 Å². The molecule has 29 heavy (non-hydrogen) atoms. The van der Waals surface area contributed by atoms with Crippen LogP contribution >= 0.6 is 0 Å². The number of aromatic nitrogens is 4. The molecule has 0 saturated carbocycles. The van der Waals surface area contributed by atoms with Crippen molar-refractivity contribution in [3.8, 4) is 11.4 Å². The van der Waals surface area contributed by atoms with E-state index in [1.165, 1.54) is 10.4 Å². The molecule has 0 aliphatic carbocycles. The summed E-state index contributed by atoms with van der Waals surface area (Å²) in [5.74, 6) is 0.359. The van der Waals surface area contributed by atoms with Crippen molar-refractivity contribution in [3.63, 3.8) is 0 Å². The quantitative estimate of drug-likeness (QED) is 0.656. The van der Waals surface area contributed by atoms with Crippen LogP contribution < -0.4 is 5.32 Å². The third-order valence-corrected chi connectivity index (χ3v) is 4.79. The van der Waals surface area contributed by atoms with Crippen LogP contribution in [-0.4, -0.2) is 57.3 Å². The van der Waals surface area contributed by atoms with E-state index in [1.54, 1.807) is 0 Å². The first-order valence-electron chi connectivity index (χ1n) is 9.74. The van der Waals surface area contributed by atoms with Gasteiger partial charge in [0.25, 0.3) is 0 Å². The number of nitrogens with one attached hydrogen (secondary N) is 1. The number of tetrazole rings is 1. The Morgan fingerprint density at radius 2 is 1.76 bits per heavy atom. The number of hydrogen-bond donors (Lipinski definition) is 1. The monoisotopic (exact) mass is 392 g/mol. The molecule has 4 rings (SSSR count). The number of ether oxygens (including phenoxy) is 1. The molecule has 1 saturated heterocycles. The minimum Gasteiger partial charge on any atom is -0.379 e. The Hall–Kier alpha value is -3.10. The third kappa shape index (κ3) is 5.46. The van der Waals surface area contributed by atoms with Gasteiger partial charge in [-0.25, -0.2) is 0 Å². The Bertz CT molecular complexity index is 920. The fraction of sp³-hybridized carbons (Fsp3) is 0.333. The minimum atomic E-state index is -0.154. The van der Waals surface area contributed by atoms with Crippen molar-refractivity contribution < 1.29 is 9.53 Å². The van der Waals surface area contributed by atoms with E-state index in [-0.39, 0.29) is 12.5 Å². The molecule has 0 atom stereocenters. The smallest absolute Gasteiger partial charge is 0.243 e. The van der Waals surface area contributed by atoms with Crippen LogP contribution in [0.1, 0.15) is 11.1 Å². The summed E-state index contributed by atoms with van der Waals surface area (Å²) in [6, 6.07) is 17.9. The standard InChI is InChI=1S/C21H24N6O2/c28-20(22-14-17-4-2-1-3-5-17)16-27-24-21(23-25-27)19-8-6-18(7-9-19)15-26-10-12-29-13-11-26/h1-9H,10-16H2,(H,22,28). The van der Waals surface area contributed by atoms with Gasteiger partial charge in [-0.3, -0.25) is 9.69 Å². The first kappa shape index (κ1) is 19.2. The number of rotatable bonds is 7. The average molecular weight is 392 g/mol. The molecule has 1 aliphatic heterocycles. The molecule has 0 bridgehead atoms. The van der Waals surface area contributed by atoms with Crippen LogP contribution in [-0.2, 0) is 29.2 Å². The van der Waals surface area contributed by atoms with Crippen molar-refractivity contribution in [3.05, 3.63) is 65.7 Å². The molecule has 1 aromatic heterocycles. The lowest BCUT2D eigenvalue weighted by molar-refractivity contribution is -0.122. The van der Waals surface area contributed by atoms with Crippen molar-refractivity contribution in [1.82, 2.24) is 30.4 Å². The topological polar surface area (TPSA) is 85.2 Å². The molecule has 0 unspecified atom stereocenters. The molecule has 8 heteroatoms. The molecule has 1 aliphatic rings. The highest BCUT2D eigenvalue weighted by atomic mass is 16.5. The summed E-state index contributed by atoms with van der Waals surface area (Å²) in [7, 11) is 0. The van der Waals surface area contributed by atoms with Crippen LogP contribution in [0.25, 0.3) is 11.4 Å². The maximum absolute atomic E-state index is 12.1. The van der Waals surface area contributed by atoms with Crippen LogP contribution in [0.5, 0.6) is 0 Å². The Kier molecular flexibility index (Phi) is 6.23. The van der Waals surface area contributed by atoms with Crippen LogP contribution in [0.4, 0.5) is 0 Å². The SMILES string of the molecule is O=C(Cn1nnc(-c2ccc(CN3CCOCC3)cc2)n1)NCc1ccccc1. The lowest BCUT2D eigenvalue weighted by atomic mass is 10.1. The Morgan fingerprint density at radius 3 is 2.52 bits per heavy atom. The molecule has 8 nitrogen and oxygen atoms in total. The fourth-order valence-corrected chi connectivity index (χ4v) is 3.18. The number of hydrogen-bond acceptors (Lipinski definition) is 6. The maximum atomic E-state index is 12.1. The number of carbonyl (C=O) groups is 1. The summed E-state index contributed by atoms with van der Waals surface area (Å²) >= 11 is 0. The molecule has 1 amide bonds. The van der Waals surface area contributed by atoms with Gasteiger partial charge in [0.2, 0.25) is 11.7 Å². The summed E-state index contributed by atoms with van der Waals surface area (Å²) < 4.78 is 5.39. The van der Waals surface area contributed by atoms with E-state index >= 15 is 0 Å². The van der Waals surface area contributed by atoms with Crippen LogP contribution in [0.15, 0.2) is 54.6 Å². The van der Waals surface area contributed by atoms with Crippen molar-refractivity contribution in [2.75, 3.05) is 26.3 Å². The van der Waals surface area contributed by atoms with Gasteiger partial charge in [-0.2, -0.15) is 4.80 Å². The summed E-state index contributed by atoms with van der Waals surface area (Å²) in [5, 5.41) is 15.3.